The van der Waals surface area contributed by atoms with Gasteiger partial charge in [-0.1, -0.05) is 0 Å². The molecule has 1 saturated carbocycles. The highest BCUT2D eigenvalue weighted by molar-refractivity contribution is 6.06. The number of hydrogen-bond acceptors (Lipinski definition) is 8. The minimum absolute atomic E-state index is 0.154. The first-order valence-corrected chi connectivity index (χ1v) is 14.1. The van der Waals surface area contributed by atoms with Gasteiger partial charge in [-0.25, -0.2) is 4.98 Å². The molecule has 2 aromatic heterocycles. The number of nitriles is 1. The molecule has 11 heteroatoms. The second-order valence-electron chi connectivity index (χ2n) is 11.4. The van der Waals surface area contributed by atoms with Crippen LogP contribution < -0.4 is 15.2 Å². The molecule has 41 heavy (non-hydrogen) atoms. The predicted octanol–water partition coefficient (Wildman–Crippen LogP) is 3.53. The number of pyridine rings is 1. The van der Waals surface area contributed by atoms with Gasteiger partial charge in [-0.15, -0.1) is 0 Å². The Labute approximate surface area is 239 Å². The molecule has 1 saturated heterocycles. The Balaban J connectivity index is 1.52. The smallest absolute Gasteiger partial charge is 0.252 e. The molecule has 216 valence electrons. The molecule has 11 nitrogen and oxygen atoms in total. The molecule has 2 N–H and O–H groups in total. The first-order valence-electron chi connectivity index (χ1n) is 14.1. The van der Waals surface area contributed by atoms with E-state index in [2.05, 4.69) is 24.1 Å². The number of carbonyl (C=O) groups is 2. The summed E-state index contributed by atoms with van der Waals surface area (Å²) in [5, 5.41) is 15.0. The number of likely N-dealkylation sites (tertiary alicyclic amines) is 1. The summed E-state index contributed by atoms with van der Waals surface area (Å²) in [6.45, 7) is 4.74. The minimum Gasteiger partial charge on any atom is -0.490 e. The zero-order chi connectivity index (χ0) is 29.3. The van der Waals surface area contributed by atoms with Crippen molar-refractivity contribution in [3.05, 3.63) is 36.3 Å². The molecule has 0 spiro atoms. The second-order valence-corrected chi connectivity index (χ2v) is 11.4. The number of carbonyl (C=O) groups excluding carboxylic acids is 2. The molecule has 5 rings (SSSR count). The highest BCUT2D eigenvalue weighted by atomic mass is 16.5. The number of benzene rings is 1. The number of nitrogens with two attached hydrogens (primary N) is 1. The van der Waals surface area contributed by atoms with Gasteiger partial charge in [0.1, 0.15) is 18.3 Å². The van der Waals surface area contributed by atoms with E-state index in [1.54, 1.807) is 23.2 Å². The number of rotatable bonds is 9. The van der Waals surface area contributed by atoms with Gasteiger partial charge in [-0.3, -0.25) is 14.3 Å². The zero-order valence-electron chi connectivity index (χ0n) is 24.0. The van der Waals surface area contributed by atoms with Gasteiger partial charge in [0.15, 0.2) is 0 Å². The molecule has 0 unspecified atom stereocenters. The molecule has 0 bridgehead atoms. The van der Waals surface area contributed by atoms with E-state index in [0.29, 0.717) is 42.2 Å². The molecule has 2 amide bonds. The zero-order valence-corrected chi connectivity index (χ0v) is 24.0. The topological polar surface area (TPSA) is 140 Å². The van der Waals surface area contributed by atoms with Crippen LogP contribution in [0.3, 0.4) is 0 Å². The fraction of sp³-hybridized carbons (Fsp3) is 0.500. The fourth-order valence-corrected chi connectivity index (χ4v) is 5.58. The number of ether oxygens (including phenoxy) is 2. The highest BCUT2D eigenvalue weighted by Crippen LogP contribution is 2.40. The number of amides is 2. The van der Waals surface area contributed by atoms with Crippen LogP contribution >= 0.6 is 0 Å². The lowest BCUT2D eigenvalue weighted by molar-refractivity contribution is -0.132. The number of hydrogen-bond donors (Lipinski definition) is 1. The standard InChI is InChI=1S/C30H37N7O4/c1-18(2)40-27-13-24-23(12-25(27)29(32)39)26(19-14-34-37(16-19)21-10-20(11-21)35(3)4)15-33-30(24)41-22-6-5-9-36(17-22)28(38)7-8-31/h12-16,18,20-22H,5-7,9-11,17H2,1-4H3,(H2,32,39)/t20?,21?,22-/m1/s1. The van der Waals surface area contributed by atoms with Gasteiger partial charge in [0.25, 0.3) is 5.91 Å². The maximum atomic E-state index is 12.5. The summed E-state index contributed by atoms with van der Waals surface area (Å²) >= 11 is 0. The van der Waals surface area contributed by atoms with Gasteiger partial charge in [0.05, 0.1) is 36.5 Å². The largest absolute Gasteiger partial charge is 0.490 e. The number of nitrogens with zero attached hydrogens (tertiary/aromatic N) is 6. The van der Waals surface area contributed by atoms with Crippen LogP contribution in [0.4, 0.5) is 0 Å². The Kier molecular flexibility index (Phi) is 8.13. The third-order valence-corrected chi connectivity index (χ3v) is 7.92. The van der Waals surface area contributed by atoms with E-state index in [0.717, 1.165) is 42.2 Å². The van der Waals surface area contributed by atoms with Gasteiger partial charge in [0, 0.05) is 41.5 Å². The molecule has 3 aromatic rings. The van der Waals surface area contributed by atoms with Crippen molar-refractivity contribution >= 4 is 22.6 Å². The van der Waals surface area contributed by atoms with Crippen molar-refractivity contribution in [1.82, 2.24) is 24.6 Å². The Morgan fingerprint density at radius 2 is 2.00 bits per heavy atom. The van der Waals surface area contributed by atoms with Gasteiger partial charge in [-0.2, -0.15) is 10.4 Å². The van der Waals surface area contributed by atoms with Gasteiger partial charge >= 0.3 is 0 Å². The normalized spacial score (nSPS) is 20.6. The predicted molar refractivity (Wildman–Crippen MR) is 153 cm³/mol. The van der Waals surface area contributed by atoms with E-state index < -0.39 is 5.91 Å². The van der Waals surface area contributed by atoms with Gasteiger partial charge in [0.2, 0.25) is 11.8 Å². The van der Waals surface area contributed by atoms with E-state index in [9.17, 15) is 9.59 Å². The van der Waals surface area contributed by atoms with Crippen LogP contribution in [-0.2, 0) is 4.79 Å². The molecule has 1 aromatic carbocycles. The maximum Gasteiger partial charge on any atom is 0.252 e. The van der Waals surface area contributed by atoms with Crippen LogP contribution in [0.1, 0.15) is 62.4 Å². The molecule has 2 fully saturated rings. The van der Waals surface area contributed by atoms with E-state index in [-0.39, 0.29) is 30.1 Å². The van der Waals surface area contributed by atoms with E-state index in [4.69, 9.17) is 25.5 Å². The van der Waals surface area contributed by atoms with Gasteiger partial charge in [-0.05, 0) is 71.1 Å². The summed E-state index contributed by atoms with van der Waals surface area (Å²) in [5.74, 6) is -0.0500. The highest BCUT2D eigenvalue weighted by Gasteiger charge is 2.33. The molecule has 1 atom stereocenters. The van der Waals surface area contributed by atoms with Crippen molar-refractivity contribution in [2.75, 3.05) is 27.2 Å². The SMILES string of the molecule is CC(C)Oc1cc2c(O[C@@H]3CCCN(C(=O)CC#N)C3)ncc(-c3cnn(C4CC(N(C)C)C4)c3)c2cc1C(N)=O. The molecule has 1 aliphatic carbocycles. The number of primary amides is 1. The van der Waals surface area contributed by atoms with Crippen molar-refractivity contribution in [2.45, 2.75) is 70.2 Å². The van der Waals surface area contributed by atoms with Crippen LogP contribution in [-0.4, -0.2) is 81.8 Å². The summed E-state index contributed by atoms with van der Waals surface area (Å²) in [6.07, 6.45) is 8.54. The maximum absolute atomic E-state index is 12.5. The van der Waals surface area contributed by atoms with E-state index in [1.165, 1.54) is 0 Å². The van der Waals surface area contributed by atoms with Crippen LogP contribution in [0.15, 0.2) is 30.7 Å². The first kappa shape index (κ1) is 28.4. The average Bonchev–Trinajstić information content (AvgIpc) is 3.36. The third-order valence-electron chi connectivity index (χ3n) is 7.92. The number of piperidine rings is 1. The van der Waals surface area contributed by atoms with Crippen LogP contribution in [0, 0.1) is 11.3 Å². The average molecular weight is 560 g/mol. The third kappa shape index (κ3) is 5.98. The fourth-order valence-electron chi connectivity index (χ4n) is 5.58. The molecular weight excluding hydrogens is 522 g/mol. The number of fused-ring (bicyclic) bond motifs is 1. The molecule has 1 aliphatic heterocycles. The van der Waals surface area contributed by atoms with Crippen molar-refractivity contribution in [2.24, 2.45) is 5.73 Å². The monoisotopic (exact) mass is 559 g/mol. The lowest BCUT2D eigenvalue weighted by Gasteiger charge is -2.39. The Morgan fingerprint density at radius 3 is 2.68 bits per heavy atom. The summed E-state index contributed by atoms with van der Waals surface area (Å²) < 4.78 is 14.4. The first-order chi connectivity index (χ1) is 19.6. The summed E-state index contributed by atoms with van der Waals surface area (Å²) in [5.41, 5.74) is 7.74. The molecule has 3 heterocycles. The summed E-state index contributed by atoms with van der Waals surface area (Å²) in [7, 11) is 4.19. The Morgan fingerprint density at radius 1 is 1.22 bits per heavy atom. The quantitative estimate of drug-likeness (QED) is 0.420. The molecular formula is C30H37N7O4. The van der Waals surface area contributed by atoms with Crippen molar-refractivity contribution in [1.29, 1.82) is 5.26 Å². The molecule has 2 aliphatic rings. The lowest BCUT2D eigenvalue weighted by Crippen LogP contribution is -2.44. The van der Waals surface area contributed by atoms with Crippen LogP contribution in [0.5, 0.6) is 11.6 Å². The summed E-state index contributed by atoms with van der Waals surface area (Å²) in [6, 6.07) is 6.32. The van der Waals surface area contributed by atoms with E-state index >= 15 is 0 Å². The van der Waals surface area contributed by atoms with Crippen molar-refractivity contribution in [3.63, 3.8) is 0 Å². The van der Waals surface area contributed by atoms with Crippen LogP contribution in [0.25, 0.3) is 21.9 Å². The lowest BCUT2D eigenvalue weighted by atomic mass is 9.86. The summed E-state index contributed by atoms with van der Waals surface area (Å²) in [4.78, 5) is 33.5. The Bertz CT molecular complexity index is 1490. The van der Waals surface area contributed by atoms with Gasteiger partial charge < -0.3 is 25.0 Å². The minimum atomic E-state index is -0.591. The Hall–Kier alpha value is -4.17. The van der Waals surface area contributed by atoms with E-state index in [1.807, 2.05) is 37.0 Å². The second kappa shape index (κ2) is 11.7. The van der Waals surface area contributed by atoms with Crippen molar-refractivity contribution < 1.29 is 19.1 Å². The number of aromatic nitrogens is 3. The molecule has 0 radical (unpaired) electrons. The van der Waals surface area contributed by atoms with Crippen molar-refractivity contribution in [3.8, 4) is 28.8 Å². The van der Waals surface area contributed by atoms with Crippen LogP contribution in [0.2, 0.25) is 0 Å².